The third-order valence-corrected chi connectivity index (χ3v) is 4.06. The normalized spacial score (nSPS) is 11.2. The van der Waals surface area contributed by atoms with Gasteiger partial charge in [0, 0.05) is 23.5 Å². The summed E-state index contributed by atoms with van der Waals surface area (Å²) in [6.07, 6.45) is 5.70. The van der Waals surface area contributed by atoms with Crippen molar-refractivity contribution in [2.75, 3.05) is 7.11 Å². The summed E-state index contributed by atoms with van der Waals surface area (Å²) in [5, 5.41) is 1.09. The molecule has 4 nitrogen and oxygen atoms in total. The van der Waals surface area contributed by atoms with Gasteiger partial charge in [-0.3, -0.25) is 9.98 Å². The molecule has 4 rings (SSSR count). The number of rotatable bonds is 4. The summed E-state index contributed by atoms with van der Waals surface area (Å²) in [7, 11) is 1.67. The molecular formula is C21H17N3O. The number of methoxy groups -OCH3 is 1. The smallest absolute Gasteiger partial charge is 0.119 e. The number of aromatic nitrogens is 2. The van der Waals surface area contributed by atoms with Gasteiger partial charge in [-0.05, 0) is 60.7 Å². The monoisotopic (exact) mass is 327 g/mol. The zero-order valence-electron chi connectivity index (χ0n) is 13.8. The highest BCUT2D eigenvalue weighted by molar-refractivity contribution is 5.85. The number of nitrogens with zero attached hydrogens (tertiary/aromatic N) is 3. The quantitative estimate of drug-likeness (QED) is 0.506. The first-order valence-electron chi connectivity index (χ1n) is 8.04. The van der Waals surface area contributed by atoms with Gasteiger partial charge in [0.1, 0.15) is 5.75 Å². The lowest BCUT2D eigenvalue weighted by Gasteiger charge is -2.07. The van der Waals surface area contributed by atoms with Crippen LogP contribution in [0.2, 0.25) is 0 Å². The average Bonchev–Trinajstić information content (AvgIpc) is 3.15. The van der Waals surface area contributed by atoms with E-state index < -0.39 is 0 Å². The maximum absolute atomic E-state index is 5.22. The van der Waals surface area contributed by atoms with Crippen LogP contribution >= 0.6 is 0 Å². The van der Waals surface area contributed by atoms with Crippen molar-refractivity contribution in [3.8, 4) is 11.4 Å². The Morgan fingerprint density at radius 3 is 2.72 bits per heavy atom. The molecule has 0 atom stereocenters. The number of hydrogen-bond donors (Lipinski definition) is 0. The molecule has 0 radical (unpaired) electrons. The van der Waals surface area contributed by atoms with Crippen molar-refractivity contribution in [3.63, 3.8) is 0 Å². The zero-order valence-corrected chi connectivity index (χ0v) is 13.8. The van der Waals surface area contributed by atoms with Crippen molar-refractivity contribution in [1.82, 2.24) is 9.55 Å². The highest BCUT2D eigenvalue weighted by Gasteiger charge is 2.02. The first-order chi connectivity index (χ1) is 12.3. The van der Waals surface area contributed by atoms with E-state index in [4.69, 9.17) is 4.74 Å². The Labute approximate surface area is 146 Å². The molecule has 2 aromatic heterocycles. The molecule has 0 saturated carbocycles. The van der Waals surface area contributed by atoms with Gasteiger partial charge in [-0.2, -0.15) is 0 Å². The molecular weight excluding hydrogens is 310 g/mol. The number of benzene rings is 2. The van der Waals surface area contributed by atoms with E-state index in [0.717, 1.165) is 33.7 Å². The number of pyridine rings is 1. The van der Waals surface area contributed by atoms with Gasteiger partial charge >= 0.3 is 0 Å². The lowest BCUT2D eigenvalue weighted by Crippen LogP contribution is -1.97. The van der Waals surface area contributed by atoms with E-state index in [0.29, 0.717) is 0 Å². The minimum Gasteiger partial charge on any atom is -0.497 e. The van der Waals surface area contributed by atoms with Gasteiger partial charge in [0.15, 0.2) is 0 Å². The first kappa shape index (κ1) is 15.1. The van der Waals surface area contributed by atoms with Crippen molar-refractivity contribution in [3.05, 3.63) is 84.8 Å². The number of aliphatic imine (C=N–C) groups is 1. The van der Waals surface area contributed by atoms with Crippen LogP contribution in [0.4, 0.5) is 5.69 Å². The Morgan fingerprint density at radius 2 is 1.88 bits per heavy atom. The molecule has 0 aliphatic carbocycles. The fourth-order valence-corrected chi connectivity index (χ4v) is 2.76. The second-order valence-electron chi connectivity index (χ2n) is 5.64. The molecule has 0 spiro atoms. The van der Waals surface area contributed by atoms with Crippen LogP contribution in [0, 0.1) is 0 Å². The lowest BCUT2D eigenvalue weighted by molar-refractivity contribution is 0.415. The Bertz CT molecular complexity index is 1030. The summed E-state index contributed by atoms with van der Waals surface area (Å²) in [5.41, 5.74) is 3.96. The molecule has 0 bridgehead atoms. The van der Waals surface area contributed by atoms with E-state index in [9.17, 15) is 0 Å². The third kappa shape index (κ3) is 3.15. The van der Waals surface area contributed by atoms with E-state index in [-0.39, 0.29) is 0 Å². The lowest BCUT2D eigenvalue weighted by atomic mass is 10.2. The van der Waals surface area contributed by atoms with E-state index in [1.165, 1.54) is 0 Å². The van der Waals surface area contributed by atoms with Gasteiger partial charge in [0.25, 0.3) is 0 Å². The molecule has 4 aromatic rings. The summed E-state index contributed by atoms with van der Waals surface area (Å²) in [4.78, 5) is 8.95. The summed E-state index contributed by atoms with van der Waals surface area (Å²) in [5.74, 6) is 0.843. The third-order valence-electron chi connectivity index (χ3n) is 4.06. The van der Waals surface area contributed by atoms with Crippen molar-refractivity contribution in [1.29, 1.82) is 0 Å². The van der Waals surface area contributed by atoms with E-state index in [1.807, 2.05) is 79.1 Å². The van der Waals surface area contributed by atoms with Crippen molar-refractivity contribution >= 4 is 22.8 Å². The molecule has 0 unspecified atom stereocenters. The summed E-state index contributed by atoms with van der Waals surface area (Å²) in [6, 6.07) is 22.0. The molecule has 0 aliphatic rings. The highest BCUT2D eigenvalue weighted by atomic mass is 16.5. The summed E-state index contributed by atoms with van der Waals surface area (Å²) < 4.78 is 7.31. The second kappa shape index (κ2) is 6.61. The molecule has 0 saturated heterocycles. The fraction of sp³-hybridized carbons (Fsp3) is 0.0476. The first-order valence-corrected chi connectivity index (χ1v) is 8.04. The topological polar surface area (TPSA) is 39.4 Å². The number of fused-ring (bicyclic) bond motifs is 1. The molecule has 2 heterocycles. The molecule has 0 N–H and O–H groups in total. The van der Waals surface area contributed by atoms with Crippen molar-refractivity contribution in [2.24, 2.45) is 4.99 Å². The Morgan fingerprint density at radius 1 is 1.00 bits per heavy atom. The van der Waals surface area contributed by atoms with Crippen LogP contribution in [0.25, 0.3) is 16.6 Å². The predicted molar refractivity (Wildman–Crippen MR) is 101 cm³/mol. The molecule has 0 fully saturated rings. The summed E-state index contributed by atoms with van der Waals surface area (Å²) >= 11 is 0. The van der Waals surface area contributed by atoms with E-state index >= 15 is 0 Å². The Kier molecular flexibility index (Phi) is 4.01. The van der Waals surface area contributed by atoms with Gasteiger partial charge in [-0.15, -0.1) is 0 Å². The average molecular weight is 327 g/mol. The minimum absolute atomic E-state index is 0.843. The standard InChI is InChI=1S/C21H17N3O/c1-25-20-9-7-18(8-10-20)24-13-3-5-19(24)15-23-17-6-11-21-16(14-17)4-2-12-22-21/h2-15H,1H3. The van der Waals surface area contributed by atoms with Crippen LogP contribution in [0.3, 0.4) is 0 Å². The minimum atomic E-state index is 0.843. The second-order valence-corrected chi connectivity index (χ2v) is 5.64. The number of ether oxygens (including phenoxy) is 1. The van der Waals surface area contributed by atoms with Crippen LogP contribution in [0.5, 0.6) is 5.75 Å². The van der Waals surface area contributed by atoms with Crippen LogP contribution in [-0.2, 0) is 0 Å². The predicted octanol–water partition coefficient (Wildman–Crippen LogP) is 4.78. The van der Waals surface area contributed by atoms with Crippen LogP contribution < -0.4 is 4.74 Å². The maximum Gasteiger partial charge on any atom is 0.119 e. The van der Waals surface area contributed by atoms with E-state index in [2.05, 4.69) is 14.5 Å². The zero-order chi connectivity index (χ0) is 17.1. The van der Waals surface area contributed by atoms with Gasteiger partial charge < -0.3 is 9.30 Å². The Hall–Kier alpha value is -3.40. The van der Waals surface area contributed by atoms with Crippen molar-refractivity contribution in [2.45, 2.75) is 0 Å². The van der Waals surface area contributed by atoms with E-state index in [1.54, 1.807) is 13.3 Å². The molecule has 0 amide bonds. The van der Waals surface area contributed by atoms with Crippen LogP contribution in [-0.4, -0.2) is 22.9 Å². The fourth-order valence-electron chi connectivity index (χ4n) is 2.76. The molecule has 25 heavy (non-hydrogen) atoms. The maximum atomic E-state index is 5.22. The highest BCUT2D eigenvalue weighted by Crippen LogP contribution is 2.20. The molecule has 4 heteroatoms. The van der Waals surface area contributed by atoms with Gasteiger partial charge in [-0.25, -0.2) is 0 Å². The SMILES string of the molecule is COc1ccc(-n2cccc2C=Nc2ccc3ncccc3c2)cc1. The van der Waals surface area contributed by atoms with Gasteiger partial charge in [0.05, 0.1) is 30.2 Å². The van der Waals surface area contributed by atoms with Gasteiger partial charge in [0.2, 0.25) is 0 Å². The van der Waals surface area contributed by atoms with Crippen molar-refractivity contribution < 1.29 is 4.74 Å². The van der Waals surface area contributed by atoms with Crippen LogP contribution in [0.15, 0.2) is 84.1 Å². The summed E-state index contributed by atoms with van der Waals surface area (Å²) in [6.45, 7) is 0. The molecule has 2 aromatic carbocycles. The molecule has 122 valence electrons. The molecule has 0 aliphatic heterocycles. The Balaban J connectivity index is 1.64. The number of hydrogen-bond acceptors (Lipinski definition) is 3. The van der Waals surface area contributed by atoms with Gasteiger partial charge in [-0.1, -0.05) is 6.07 Å². The van der Waals surface area contributed by atoms with Crippen LogP contribution in [0.1, 0.15) is 5.69 Å². The largest absolute Gasteiger partial charge is 0.497 e.